The van der Waals surface area contributed by atoms with Crippen LogP contribution in [0, 0.1) is 0 Å². The summed E-state index contributed by atoms with van der Waals surface area (Å²) in [6.07, 6.45) is 5.33. The van der Waals surface area contributed by atoms with Crippen LogP contribution in [0.3, 0.4) is 0 Å². The molecule has 1 unspecified atom stereocenters. The maximum atomic E-state index is 3.65. The zero-order valence-corrected chi connectivity index (χ0v) is 13.6. The molecule has 0 aliphatic heterocycles. The average Bonchev–Trinajstić information content (AvgIpc) is 2.47. The molecule has 0 bridgehead atoms. The maximum absolute atomic E-state index is 3.65. The van der Waals surface area contributed by atoms with E-state index in [1.807, 2.05) is 0 Å². The van der Waals surface area contributed by atoms with E-state index in [9.17, 15) is 0 Å². The van der Waals surface area contributed by atoms with Gasteiger partial charge >= 0.3 is 0 Å². The molecule has 2 nitrogen and oxygen atoms in total. The number of likely N-dealkylation sites (N-methyl/N-ethyl adjacent to an activating group) is 1. The summed E-state index contributed by atoms with van der Waals surface area (Å²) in [5.41, 5.74) is 1.41. The van der Waals surface area contributed by atoms with Gasteiger partial charge in [0.2, 0.25) is 0 Å². The summed E-state index contributed by atoms with van der Waals surface area (Å²) >= 11 is 0. The van der Waals surface area contributed by atoms with Crippen LogP contribution in [0.1, 0.15) is 52.0 Å². The molecule has 1 aromatic rings. The van der Waals surface area contributed by atoms with E-state index >= 15 is 0 Å². The van der Waals surface area contributed by atoms with Crippen LogP contribution in [0.15, 0.2) is 30.3 Å². The Bertz CT molecular complexity index is 323. The Kier molecular flexibility index (Phi) is 9.35. The minimum Gasteiger partial charge on any atom is -0.313 e. The summed E-state index contributed by atoms with van der Waals surface area (Å²) in [5, 5.41) is 3.65. The highest BCUT2D eigenvalue weighted by Crippen LogP contribution is 2.05. The third-order valence-electron chi connectivity index (χ3n) is 3.86. The molecule has 1 atom stereocenters. The summed E-state index contributed by atoms with van der Waals surface area (Å²) in [6, 6.07) is 11.4. The first-order valence-corrected chi connectivity index (χ1v) is 8.25. The molecule has 2 heteroatoms. The molecule has 0 spiro atoms. The molecule has 0 amide bonds. The summed E-state index contributed by atoms with van der Waals surface area (Å²) < 4.78 is 0. The molecule has 0 saturated carbocycles. The average molecular weight is 276 g/mol. The Hall–Kier alpha value is -0.860. The van der Waals surface area contributed by atoms with Gasteiger partial charge in [-0.3, -0.25) is 4.90 Å². The molecule has 0 heterocycles. The summed E-state index contributed by atoms with van der Waals surface area (Å²) in [6.45, 7) is 11.2. The number of hydrogen-bond donors (Lipinski definition) is 1. The second kappa shape index (κ2) is 10.9. The molecule has 0 fully saturated rings. The van der Waals surface area contributed by atoms with Crippen molar-refractivity contribution in [3.05, 3.63) is 35.9 Å². The Morgan fingerprint density at radius 2 is 1.85 bits per heavy atom. The quantitative estimate of drug-likeness (QED) is 0.613. The largest absolute Gasteiger partial charge is 0.313 e. The fourth-order valence-electron chi connectivity index (χ4n) is 2.46. The van der Waals surface area contributed by atoms with Crippen LogP contribution in [0.2, 0.25) is 0 Å². The lowest BCUT2D eigenvalue weighted by Crippen LogP contribution is -2.35. The van der Waals surface area contributed by atoms with Crippen molar-refractivity contribution < 1.29 is 0 Å². The standard InChI is InChI=1S/C18H32N2/c1-4-6-8-11-17(3)19-14-15-20(5-2)16-18-12-9-7-10-13-18/h7,9-10,12-13,17,19H,4-6,8,11,14-16H2,1-3H3. The van der Waals surface area contributed by atoms with Crippen LogP contribution < -0.4 is 5.32 Å². The molecule has 0 aliphatic carbocycles. The van der Waals surface area contributed by atoms with Gasteiger partial charge < -0.3 is 5.32 Å². The zero-order valence-electron chi connectivity index (χ0n) is 13.6. The van der Waals surface area contributed by atoms with Gasteiger partial charge in [0.05, 0.1) is 0 Å². The fraction of sp³-hybridized carbons (Fsp3) is 0.667. The van der Waals surface area contributed by atoms with E-state index < -0.39 is 0 Å². The molecule has 1 rings (SSSR count). The number of rotatable bonds is 11. The van der Waals surface area contributed by atoms with Gasteiger partial charge in [-0.05, 0) is 25.5 Å². The van der Waals surface area contributed by atoms with Crippen LogP contribution in [0.5, 0.6) is 0 Å². The third kappa shape index (κ3) is 7.66. The fourth-order valence-corrected chi connectivity index (χ4v) is 2.46. The van der Waals surface area contributed by atoms with Gasteiger partial charge in [-0.2, -0.15) is 0 Å². The van der Waals surface area contributed by atoms with Gasteiger partial charge in [0.25, 0.3) is 0 Å². The summed E-state index contributed by atoms with van der Waals surface area (Å²) in [7, 11) is 0. The van der Waals surface area contributed by atoms with E-state index in [1.165, 1.54) is 31.2 Å². The number of hydrogen-bond acceptors (Lipinski definition) is 2. The predicted molar refractivity (Wildman–Crippen MR) is 89.0 cm³/mol. The van der Waals surface area contributed by atoms with E-state index in [1.54, 1.807) is 0 Å². The highest BCUT2D eigenvalue weighted by molar-refractivity contribution is 5.14. The summed E-state index contributed by atoms with van der Waals surface area (Å²) in [4.78, 5) is 2.50. The van der Waals surface area contributed by atoms with Crippen molar-refractivity contribution in [1.29, 1.82) is 0 Å². The second-order valence-corrected chi connectivity index (χ2v) is 5.71. The van der Waals surface area contributed by atoms with Gasteiger partial charge in [0.15, 0.2) is 0 Å². The normalized spacial score (nSPS) is 12.8. The first-order chi connectivity index (χ1) is 9.76. The van der Waals surface area contributed by atoms with E-state index in [0.717, 1.165) is 26.2 Å². The molecule has 114 valence electrons. The molecule has 0 aromatic heterocycles. The molecular formula is C18H32N2. The topological polar surface area (TPSA) is 15.3 Å². The Morgan fingerprint density at radius 3 is 2.50 bits per heavy atom. The number of unbranched alkanes of at least 4 members (excludes halogenated alkanes) is 2. The zero-order chi connectivity index (χ0) is 14.6. The predicted octanol–water partition coefficient (Wildman–Crippen LogP) is 4.07. The number of nitrogens with zero attached hydrogens (tertiary/aromatic N) is 1. The molecule has 1 N–H and O–H groups in total. The van der Waals surface area contributed by atoms with E-state index in [0.29, 0.717) is 6.04 Å². The molecular weight excluding hydrogens is 244 g/mol. The van der Waals surface area contributed by atoms with Crippen LogP contribution in [0.4, 0.5) is 0 Å². The second-order valence-electron chi connectivity index (χ2n) is 5.71. The van der Waals surface area contributed by atoms with Gasteiger partial charge in [0.1, 0.15) is 0 Å². The lowest BCUT2D eigenvalue weighted by molar-refractivity contribution is 0.273. The lowest BCUT2D eigenvalue weighted by Gasteiger charge is -2.22. The van der Waals surface area contributed by atoms with Crippen molar-refractivity contribution >= 4 is 0 Å². The Morgan fingerprint density at radius 1 is 1.10 bits per heavy atom. The molecule has 1 aromatic carbocycles. The smallest absolute Gasteiger partial charge is 0.0234 e. The monoisotopic (exact) mass is 276 g/mol. The van der Waals surface area contributed by atoms with Crippen molar-refractivity contribution in [1.82, 2.24) is 10.2 Å². The van der Waals surface area contributed by atoms with Crippen molar-refractivity contribution in [2.45, 2.75) is 59.0 Å². The SMILES string of the molecule is CCCCCC(C)NCCN(CC)Cc1ccccc1. The lowest BCUT2D eigenvalue weighted by atomic mass is 10.1. The molecule has 20 heavy (non-hydrogen) atoms. The van der Waals surface area contributed by atoms with Crippen molar-refractivity contribution in [2.75, 3.05) is 19.6 Å². The number of nitrogens with one attached hydrogen (secondary N) is 1. The van der Waals surface area contributed by atoms with Crippen LogP contribution in [0.25, 0.3) is 0 Å². The van der Waals surface area contributed by atoms with Gasteiger partial charge in [0, 0.05) is 25.7 Å². The molecule has 0 aliphatic rings. The van der Waals surface area contributed by atoms with Crippen molar-refractivity contribution in [2.24, 2.45) is 0 Å². The Labute approximate surface area is 125 Å². The summed E-state index contributed by atoms with van der Waals surface area (Å²) in [5.74, 6) is 0. The first kappa shape index (κ1) is 17.2. The third-order valence-corrected chi connectivity index (χ3v) is 3.86. The van der Waals surface area contributed by atoms with Crippen LogP contribution >= 0.6 is 0 Å². The van der Waals surface area contributed by atoms with E-state index in [-0.39, 0.29) is 0 Å². The maximum Gasteiger partial charge on any atom is 0.0234 e. The van der Waals surface area contributed by atoms with Gasteiger partial charge in [-0.25, -0.2) is 0 Å². The van der Waals surface area contributed by atoms with Gasteiger partial charge in [-0.15, -0.1) is 0 Å². The Balaban J connectivity index is 2.18. The van der Waals surface area contributed by atoms with E-state index in [2.05, 4.69) is 61.3 Å². The highest BCUT2D eigenvalue weighted by atomic mass is 15.1. The minimum atomic E-state index is 0.650. The number of benzene rings is 1. The molecule has 0 saturated heterocycles. The minimum absolute atomic E-state index is 0.650. The van der Waals surface area contributed by atoms with Gasteiger partial charge in [-0.1, -0.05) is 63.4 Å². The first-order valence-electron chi connectivity index (χ1n) is 8.25. The highest BCUT2D eigenvalue weighted by Gasteiger charge is 2.05. The van der Waals surface area contributed by atoms with E-state index in [4.69, 9.17) is 0 Å². The van der Waals surface area contributed by atoms with Crippen molar-refractivity contribution in [3.8, 4) is 0 Å². The van der Waals surface area contributed by atoms with Crippen molar-refractivity contribution in [3.63, 3.8) is 0 Å². The van der Waals surface area contributed by atoms with Crippen LogP contribution in [-0.4, -0.2) is 30.6 Å². The molecule has 0 radical (unpaired) electrons. The van der Waals surface area contributed by atoms with Crippen LogP contribution in [-0.2, 0) is 6.54 Å².